The topological polar surface area (TPSA) is 89.0 Å². The molecule has 2 N–H and O–H groups in total. The van der Waals surface area contributed by atoms with E-state index in [1.807, 2.05) is 31.2 Å². The van der Waals surface area contributed by atoms with E-state index in [4.69, 9.17) is 4.98 Å². The summed E-state index contributed by atoms with van der Waals surface area (Å²) in [5, 5.41) is 6.83. The Hall–Kier alpha value is -3.22. The third kappa shape index (κ3) is 3.88. The van der Waals surface area contributed by atoms with Gasteiger partial charge in [0, 0.05) is 35.6 Å². The summed E-state index contributed by atoms with van der Waals surface area (Å²) in [6, 6.07) is 7.58. The molecule has 0 fully saturated rings. The molecule has 3 aromatic rings. The van der Waals surface area contributed by atoms with Crippen LogP contribution in [0.15, 0.2) is 36.7 Å². The van der Waals surface area contributed by atoms with Crippen molar-refractivity contribution in [1.29, 1.82) is 0 Å². The second-order valence-electron chi connectivity index (χ2n) is 5.90. The predicted molar refractivity (Wildman–Crippen MR) is 102 cm³/mol. The number of benzene rings is 1. The van der Waals surface area contributed by atoms with E-state index < -0.39 is 6.09 Å². The summed E-state index contributed by atoms with van der Waals surface area (Å²) in [7, 11) is 1.33. The van der Waals surface area contributed by atoms with Gasteiger partial charge in [-0.25, -0.2) is 19.7 Å². The number of carbonyl (C=O) groups excluding carboxylic acids is 1. The van der Waals surface area contributed by atoms with Crippen molar-refractivity contribution in [2.24, 2.45) is 0 Å². The number of pyridine rings is 1. The molecule has 26 heavy (non-hydrogen) atoms. The summed E-state index contributed by atoms with van der Waals surface area (Å²) in [6.07, 6.45) is 4.02. The van der Waals surface area contributed by atoms with Gasteiger partial charge in [0.25, 0.3) is 0 Å². The van der Waals surface area contributed by atoms with Gasteiger partial charge in [-0.15, -0.1) is 0 Å². The molecule has 0 radical (unpaired) electrons. The van der Waals surface area contributed by atoms with E-state index in [0.717, 1.165) is 40.7 Å². The molecule has 2 heterocycles. The number of fused-ring (bicyclic) bond motifs is 1. The number of aryl methyl sites for hydroxylation is 1. The molecule has 7 heteroatoms. The van der Waals surface area contributed by atoms with Crippen LogP contribution in [0.2, 0.25) is 0 Å². The Bertz CT molecular complexity index is 925. The highest BCUT2D eigenvalue weighted by atomic mass is 16.5. The summed E-state index contributed by atoms with van der Waals surface area (Å²) in [5.74, 6) is 0.609. The molecule has 0 spiro atoms. The molecule has 7 nitrogen and oxygen atoms in total. The number of nitrogens with zero attached hydrogens (tertiary/aromatic N) is 3. The van der Waals surface area contributed by atoms with E-state index in [0.29, 0.717) is 11.6 Å². The maximum absolute atomic E-state index is 11.4. The first-order valence-electron chi connectivity index (χ1n) is 8.43. The van der Waals surface area contributed by atoms with Crippen molar-refractivity contribution in [3.05, 3.63) is 42.2 Å². The Morgan fingerprint density at radius 1 is 1.19 bits per heavy atom. The average molecular weight is 351 g/mol. The zero-order chi connectivity index (χ0) is 18.5. The van der Waals surface area contributed by atoms with Gasteiger partial charge in [0.05, 0.1) is 18.3 Å². The van der Waals surface area contributed by atoms with Crippen molar-refractivity contribution in [2.75, 3.05) is 24.3 Å². The molecule has 3 rings (SSSR count). The number of nitrogens with one attached hydrogen (secondary N) is 2. The molecule has 0 aliphatic carbocycles. The zero-order valence-corrected chi connectivity index (χ0v) is 15.0. The molecule has 0 atom stereocenters. The van der Waals surface area contributed by atoms with Crippen LogP contribution in [-0.2, 0) is 4.74 Å². The second-order valence-corrected chi connectivity index (χ2v) is 5.90. The second kappa shape index (κ2) is 7.77. The lowest BCUT2D eigenvalue weighted by Crippen LogP contribution is -2.10. The SMILES string of the molecule is CCCNc1ncc(-c2cc(C)c3ccc(NC(=O)OC)cc3n2)cn1. The summed E-state index contributed by atoms with van der Waals surface area (Å²) in [6.45, 7) is 4.95. The first-order chi connectivity index (χ1) is 12.6. The minimum atomic E-state index is -0.513. The molecule has 2 aromatic heterocycles. The Balaban J connectivity index is 1.94. The number of anilines is 2. The van der Waals surface area contributed by atoms with Gasteiger partial charge < -0.3 is 10.1 Å². The lowest BCUT2D eigenvalue weighted by molar-refractivity contribution is 0.187. The smallest absolute Gasteiger partial charge is 0.411 e. The summed E-state index contributed by atoms with van der Waals surface area (Å²) in [4.78, 5) is 24.8. The van der Waals surface area contributed by atoms with Gasteiger partial charge in [0.15, 0.2) is 0 Å². The van der Waals surface area contributed by atoms with Crippen molar-refractivity contribution in [3.63, 3.8) is 0 Å². The van der Waals surface area contributed by atoms with Crippen LogP contribution in [0.5, 0.6) is 0 Å². The maximum Gasteiger partial charge on any atom is 0.411 e. The quantitative estimate of drug-likeness (QED) is 0.722. The van der Waals surface area contributed by atoms with Crippen LogP contribution < -0.4 is 10.6 Å². The number of methoxy groups -OCH3 is 1. The van der Waals surface area contributed by atoms with Crippen LogP contribution in [0.1, 0.15) is 18.9 Å². The number of hydrogen-bond acceptors (Lipinski definition) is 6. The van der Waals surface area contributed by atoms with Crippen LogP contribution in [0.3, 0.4) is 0 Å². The molecule has 0 saturated heterocycles. The molecular weight excluding hydrogens is 330 g/mol. The maximum atomic E-state index is 11.4. The molecule has 0 unspecified atom stereocenters. The highest BCUT2D eigenvalue weighted by molar-refractivity contribution is 5.91. The van der Waals surface area contributed by atoms with Crippen LogP contribution in [0, 0.1) is 6.92 Å². The van der Waals surface area contributed by atoms with Crippen molar-refractivity contribution in [2.45, 2.75) is 20.3 Å². The summed E-state index contributed by atoms with van der Waals surface area (Å²) in [5.41, 5.74) is 4.12. The fraction of sp³-hybridized carbons (Fsp3) is 0.263. The third-order valence-corrected chi connectivity index (χ3v) is 3.93. The minimum absolute atomic E-state index is 0.513. The molecule has 0 aliphatic rings. The number of amides is 1. The highest BCUT2D eigenvalue weighted by Gasteiger charge is 2.08. The van der Waals surface area contributed by atoms with Gasteiger partial charge in [-0.3, -0.25) is 5.32 Å². The zero-order valence-electron chi connectivity index (χ0n) is 15.0. The van der Waals surface area contributed by atoms with E-state index >= 15 is 0 Å². The highest BCUT2D eigenvalue weighted by Crippen LogP contribution is 2.26. The Morgan fingerprint density at radius 2 is 1.96 bits per heavy atom. The fourth-order valence-electron chi connectivity index (χ4n) is 2.59. The molecule has 0 saturated carbocycles. The van der Waals surface area contributed by atoms with Crippen LogP contribution in [-0.4, -0.2) is 34.7 Å². The largest absolute Gasteiger partial charge is 0.453 e. The van der Waals surface area contributed by atoms with Gasteiger partial charge in [0.1, 0.15) is 0 Å². The fourth-order valence-corrected chi connectivity index (χ4v) is 2.59. The predicted octanol–water partition coefficient (Wildman–Crippen LogP) is 4.00. The van der Waals surface area contributed by atoms with Crippen LogP contribution >= 0.6 is 0 Å². The summed E-state index contributed by atoms with van der Waals surface area (Å²) < 4.78 is 4.63. The monoisotopic (exact) mass is 351 g/mol. The van der Waals surface area contributed by atoms with Crippen LogP contribution in [0.4, 0.5) is 16.4 Å². The molecule has 134 valence electrons. The summed E-state index contributed by atoms with van der Waals surface area (Å²) >= 11 is 0. The van der Waals surface area contributed by atoms with Crippen molar-refractivity contribution in [3.8, 4) is 11.3 Å². The Morgan fingerprint density at radius 3 is 2.65 bits per heavy atom. The standard InChI is InChI=1S/C19H21N5O2/c1-4-7-20-18-21-10-13(11-22-18)16-8-12(2)15-6-5-14(9-17(15)24-16)23-19(25)26-3/h5-6,8-11H,4,7H2,1-3H3,(H,23,25)(H,20,21,22). The molecule has 1 aromatic carbocycles. The van der Waals surface area contributed by atoms with Crippen molar-refractivity contribution >= 4 is 28.6 Å². The number of ether oxygens (including phenoxy) is 1. The average Bonchev–Trinajstić information content (AvgIpc) is 2.66. The lowest BCUT2D eigenvalue weighted by atomic mass is 10.1. The third-order valence-electron chi connectivity index (χ3n) is 3.93. The number of carbonyl (C=O) groups is 1. The number of hydrogen-bond donors (Lipinski definition) is 2. The van der Waals surface area contributed by atoms with Crippen molar-refractivity contribution in [1.82, 2.24) is 15.0 Å². The van der Waals surface area contributed by atoms with E-state index in [-0.39, 0.29) is 0 Å². The van der Waals surface area contributed by atoms with Gasteiger partial charge in [-0.2, -0.15) is 0 Å². The van der Waals surface area contributed by atoms with E-state index in [2.05, 4.69) is 32.3 Å². The van der Waals surface area contributed by atoms with E-state index in [1.54, 1.807) is 12.4 Å². The van der Waals surface area contributed by atoms with E-state index in [1.165, 1.54) is 7.11 Å². The lowest BCUT2D eigenvalue weighted by Gasteiger charge is -2.09. The van der Waals surface area contributed by atoms with Gasteiger partial charge >= 0.3 is 6.09 Å². The van der Waals surface area contributed by atoms with Gasteiger partial charge in [-0.1, -0.05) is 13.0 Å². The molecule has 0 aliphatic heterocycles. The van der Waals surface area contributed by atoms with Crippen LogP contribution in [0.25, 0.3) is 22.2 Å². The Labute approximate surface area is 151 Å². The first-order valence-corrected chi connectivity index (χ1v) is 8.43. The van der Waals surface area contributed by atoms with Crippen molar-refractivity contribution < 1.29 is 9.53 Å². The minimum Gasteiger partial charge on any atom is -0.453 e. The Kier molecular flexibility index (Phi) is 5.26. The normalized spacial score (nSPS) is 10.6. The first kappa shape index (κ1) is 17.6. The number of aromatic nitrogens is 3. The van der Waals surface area contributed by atoms with E-state index in [9.17, 15) is 4.79 Å². The molecular formula is C19H21N5O2. The van der Waals surface area contributed by atoms with Gasteiger partial charge in [-0.05, 0) is 37.1 Å². The number of rotatable bonds is 5. The van der Waals surface area contributed by atoms with Gasteiger partial charge in [0.2, 0.25) is 5.95 Å². The molecule has 0 bridgehead atoms. The molecule has 1 amide bonds.